The molecule has 2 rings (SSSR count). The van der Waals surface area contributed by atoms with Gasteiger partial charge in [0.05, 0.1) is 0 Å². The van der Waals surface area contributed by atoms with Gasteiger partial charge in [0.15, 0.2) is 5.65 Å². The maximum Gasteiger partial charge on any atom is 0.160 e. The number of hydrogen-bond acceptors (Lipinski definition) is 3. The van der Waals surface area contributed by atoms with E-state index in [-0.39, 0.29) is 0 Å². The van der Waals surface area contributed by atoms with E-state index < -0.39 is 0 Å². The number of nitrogens with zero attached hydrogens (tertiary/aromatic N) is 3. The van der Waals surface area contributed by atoms with Gasteiger partial charge in [0.25, 0.3) is 0 Å². The van der Waals surface area contributed by atoms with Gasteiger partial charge < -0.3 is 5.73 Å². The Hall–Kier alpha value is -1.42. The molecule has 4 nitrogen and oxygen atoms in total. The molecular weight excluding hydrogens is 188 g/mol. The molecule has 0 radical (unpaired) electrons. The van der Waals surface area contributed by atoms with Crippen LogP contribution in [0.25, 0.3) is 5.65 Å². The van der Waals surface area contributed by atoms with Crippen molar-refractivity contribution < 1.29 is 0 Å². The van der Waals surface area contributed by atoms with Crippen molar-refractivity contribution in [3.8, 4) is 0 Å². The molecule has 0 saturated heterocycles. The molecule has 1 atom stereocenters. The highest BCUT2D eigenvalue weighted by Gasteiger charge is 2.04. The van der Waals surface area contributed by atoms with E-state index in [9.17, 15) is 0 Å². The first-order chi connectivity index (χ1) is 7.20. The first kappa shape index (κ1) is 10.1. The van der Waals surface area contributed by atoms with Crippen LogP contribution in [0.4, 0.5) is 0 Å². The van der Waals surface area contributed by atoms with Crippen LogP contribution in [0.15, 0.2) is 18.3 Å². The molecule has 0 saturated carbocycles. The van der Waals surface area contributed by atoms with Gasteiger partial charge >= 0.3 is 0 Å². The predicted molar refractivity (Wildman–Crippen MR) is 59.6 cm³/mol. The van der Waals surface area contributed by atoms with Gasteiger partial charge in [-0.3, -0.25) is 4.40 Å². The fraction of sp³-hybridized carbons (Fsp3) is 0.455. The molecule has 80 valence electrons. The molecular formula is C11H16N4. The smallest absolute Gasteiger partial charge is 0.160 e. The molecule has 15 heavy (non-hydrogen) atoms. The maximum absolute atomic E-state index is 5.61. The molecule has 0 aromatic carbocycles. The van der Waals surface area contributed by atoms with Crippen molar-refractivity contribution in [2.45, 2.75) is 20.3 Å². The Morgan fingerprint density at radius 1 is 1.40 bits per heavy atom. The van der Waals surface area contributed by atoms with Crippen molar-refractivity contribution in [2.24, 2.45) is 11.7 Å². The Morgan fingerprint density at radius 3 is 2.93 bits per heavy atom. The summed E-state index contributed by atoms with van der Waals surface area (Å²) in [5, 5.41) is 8.07. The molecule has 0 amide bonds. The van der Waals surface area contributed by atoms with E-state index in [0.717, 1.165) is 24.4 Å². The third kappa shape index (κ3) is 1.99. The summed E-state index contributed by atoms with van der Waals surface area (Å²) in [4.78, 5) is 0. The molecule has 2 aromatic heterocycles. The first-order valence-electron chi connectivity index (χ1n) is 5.21. The van der Waals surface area contributed by atoms with Crippen molar-refractivity contribution in [3.05, 3.63) is 29.7 Å². The average Bonchev–Trinajstić information content (AvgIpc) is 2.60. The van der Waals surface area contributed by atoms with E-state index in [1.807, 2.05) is 17.4 Å². The SMILES string of the molecule is Cc1nnc2ccc(CC(C)CN)cn12. The van der Waals surface area contributed by atoms with Gasteiger partial charge in [-0.15, -0.1) is 10.2 Å². The number of rotatable bonds is 3. The zero-order valence-corrected chi connectivity index (χ0v) is 9.14. The van der Waals surface area contributed by atoms with Crippen molar-refractivity contribution in [3.63, 3.8) is 0 Å². The fourth-order valence-electron chi connectivity index (χ4n) is 1.66. The van der Waals surface area contributed by atoms with Crippen LogP contribution in [0.3, 0.4) is 0 Å². The molecule has 0 aliphatic rings. The Morgan fingerprint density at radius 2 is 2.20 bits per heavy atom. The quantitative estimate of drug-likeness (QED) is 0.816. The third-order valence-corrected chi connectivity index (χ3v) is 2.62. The highest BCUT2D eigenvalue weighted by Crippen LogP contribution is 2.10. The Bertz CT molecular complexity index is 461. The van der Waals surface area contributed by atoms with Crippen LogP contribution in [0, 0.1) is 12.8 Å². The minimum atomic E-state index is 0.513. The van der Waals surface area contributed by atoms with Crippen LogP contribution in [0.2, 0.25) is 0 Å². The highest BCUT2D eigenvalue weighted by molar-refractivity contribution is 5.39. The second-order valence-electron chi connectivity index (χ2n) is 4.06. The van der Waals surface area contributed by atoms with Gasteiger partial charge in [-0.2, -0.15) is 0 Å². The zero-order valence-electron chi connectivity index (χ0n) is 9.14. The standard InChI is InChI=1S/C11H16N4/c1-8(6-12)5-10-3-4-11-14-13-9(2)15(11)7-10/h3-4,7-8H,5-6,12H2,1-2H3. The number of hydrogen-bond donors (Lipinski definition) is 1. The zero-order chi connectivity index (χ0) is 10.8. The Balaban J connectivity index is 2.33. The molecule has 1 unspecified atom stereocenters. The number of aromatic nitrogens is 3. The summed E-state index contributed by atoms with van der Waals surface area (Å²) >= 11 is 0. The lowest BCUT2D eigenvalue weighted by Gasteiger charge is -2.08. The molecule has 4 heteroatoms. The van der Waals surface area contributed by atoms with Crippen molar-refractivity contribution >= 4 is 5.65 Å². The second-order valence-corrected chi connectivity index (χ2v) is 4.06. The summed E-state index contributed by atoms with van der Waals surface area (Å²) in [6, 6.07) is 4.09. The number of aryl methyl sites for hydroxylation is 1. The Labute approximate surface area is 89.1 Å². The summed E-state index contributed by atoms with van der Waals surface area (Å²) in [6.45, 7) is 4.83. The van der Waals surface area contributed by atoms with E-state index in [1.54, 1.807) is 0 Å². The summed E-state index contributed by atoms with van der Waals surface area (Å²) < 4.78 is 2.01. The summed E-state index contributed by atoms with van der Waals surface area (Å²) in [5.41, 5.74) is 7.79. The average molecular weight is 204 g/mol. The van der Waals surface area contributed by atoms with Crippen LogP contribution in [0.1, 0.15) is 18.3 Å². The van der Waals surface area contributed by atoms with Crippen LogP contribution >= 0.6 is 0 Å². The summed E-state index contributed by atoms with van der Waals surface area (Å²) in [7, 11) is 0. The van der Waals surface area contributed by atoms with E-state index in [0.29, 0.717) is 5.92 Å². The topological polar surface area (TPSA) is 56.2 Å². The van der Waals surface area contributed by atoms with Crippen LogP contribution in [0.5, 0.6) is 0 Å². The normalized spacial score (nSPS) is 13.3. The number of nitrogens with two attached hydrogens (primary N) is 1. The lowest BCUT2D eigenvalue weighted by Crippen LogP contribution is -2.13. The summed E-state index contributed by atoms with van der Waals surface area (Å²) in [5.74, 6) is 1.44. The minimum absolute atomic E-state index is 0.513. The van der Waals surface area contributed by atoms with Gasteiger partial charge in [-0.1, -0.05) is 13.0 Å². The molecule has 2 N–H and O–H groups in total. The molecule has 2 aromatic rings. The van der Waals surface area contributed by atoms with E-state index in [4.69, 9.17) is 5.73 Å². The lowest BCUT2D eigenvalue weighted by atomic mass is 10.0. The molecule has 0 aliphatic carbocycles. The van der Waals surface area contributed by atoms with Gasteiger partial charge in [0, 0.05) is 6.20 Å². The third-order valence-electron chi connectivity index (χ3n) is 2.62. The highest BCUT2D eigenvalue weighted by atomic mass is 15.2. The predicted octanol–water partition coefficient (Wildman–Crippen LogP) is 1.18. The molecule has 0 bridgehead atoms. The second kappa shape index (κ2) is 3.98. The molecule has 2 heterocycles. The van der Waals surface area contributed by atoms with E-state index in [2.05, 4.69) is 29.4 Å². The summed E-state index contributed by atoms with van der Waals surface area (Å²) in [6.07, 6.45) is 3.10. The van der Waals surface area contributed by atoms with Gasteiger partial charge in [-0.05, 0) is 37.4 Å². The van der Waals surface area contributed by atoms with Gasteiger partial charge in [0.2, 0.25) is 0 Å². The van der Waals surface area contributed by atoms with Crippen molar-refractivity contribution in [1.82, 2.24) is 14.6 Å². The van der Waals surface area contributed by atoms with Crippen LogP contribution < -0.4 is 5.73 Å². The Kier molecular flexibility index (Phi) is 2.68. The lowest BCUT2D eigenvalue weighted by molar-refractivity contribution is 0.591. The van der Waals surface area contributed by atoms with E-state index >= 15 is 0 Å². The number of fused-ring (bicyclic) bond motifs is 1. The number of pyridine rings is 1. The van der Waals surface area contributed by atoms with Crippen molar-refractivity contribution in [1.29, 1.82) is 0 Å². The van der Waals surface area contributed by atoms with Gasteiger partial charge in [0.1, 0.15) is 5.82 Å². The van der Waals surface area contributed by atoms with E-state index in [1.165, 1.54) is 5.56 Å². The fourth-order valence-corrected chi connectivity index (χ4v) is 1.66. The van der Waals surface area contributed by atoms with Crippen LogP contribution in [-0.2, 0) is 6.42 Å². The van der Waals surface area contributed by atoms with Gasteiger partial charge in [-0.25, -0.2) is 0 Å². The molecule has 0 aliphatic heterocycles. The largest absolute Gasteiger partial charge is 0.330 e. The molecule has 0 fully saturated rings. The minimum Gasteiger partial charge on any atom is -0.330 e. The van der Waals surface area contributed by atoms with Crippen LogP contribution in [-0.4, -0.2) is 21.1 Å². The van der Waals surface area contributed by atoms with Crippen molar-refractivity contribution in [2.75, 3.05) is 6.54 Å². The maximum atomic E-state index is 5.61. The molecule has 0 spiro atoms. The monoisotopic (exact) mass is 204 g/mol. The first-order valence-corrected chi connectivity index (χ1v) is 5.21.